The van der Waals surface area contributed by atoms with Crippen LogP contribution >= 0.6 is 0 Å². The highest BCUT2D eigenvalue weighted by Gasteiger charge is 2.17. The van der Waals surface area contributed by atoms with E-state index in [9.17, 15) is 0 Å². The van der Waals surface area contributed by atoms with Crippen LogP contribution in [0.2, 0.25) is 0 Å². The molecule has 0 bridgehead atoms. The summed E-state index contributed by atoms with van der Waals surface area (Å²) in [5.74, 6) is 0.607. The molecule has 1 fully saturated rings. The van der Waals surface area contributed by atoms with Crippen molar-refractivity contribution in [1.82, 2.24) is 14.8 Å². The van der Waals surface area contributed by atoms with Crippen LogP contribution in [-0.4, -0.2) is 32.6 Å². The monoisotopic (exact) mass is 183 g/mol. The van der Waals surface area contributed by atoms with Crippen molar-refractivity contribution in [3.05, 3.63) is 12.2 Å². The third-order valence-electron chi connectivity index (χ3n) is 2.26. The SMILES string of the molecule is OCc1nncn1CC1CCCO1. The smallest absolute Gasteiger partial charge is 0.158 e. The quantitative estimate of drug-likeness (QED) is 0.713. The molecule has 1 aromatic rings. The summed E-state index contributed by atoms with van der Waals surface area (Å²) in [6, 6.07) is 0. The Hall–Kier alpha value is -0.940. The Kier molecular flexibility index (Phi) is 2.56. The summed E-state index contributed by atoms with van der Waals surface area (Å²) < 4.78 is 7.31. The molecule has 0 spiro atoms. The molecule has 13 heavy (non-hydrogen) atoms. The fourth-order valence-electron chi connectivity index (χ4n) is 1.56. The van der Waals surface area contributed by atoms with E-state index in [2.05, 4.69) is 10.2 Å². The van der Waals surface area contributed by atoms with Gasteiger partial charge in [-0.3, -0.25) is 0 Å². The molecule has 2 rings (SSSR count). The molecule has 5 heteroatoms. The Balaban J connectivity index is 1.99. The van der Waals surface area contributed by atoms with Crippen LogP contribution in [-0.2, 0) is 17.9 Å². The van der Waals surface area contributed by atoms with E-state index in [1.165, 1.54) is 0 Å². The Morgan fingerprint density at radius 3 is 3.31 bits per heavy atom. The van der Waals surface area contributed by atoms with E-state index in [1.54, 1.807) is 6.33 Å². The Labute approximate surface area is 76.3 Å². The third-order valence-corrected chi connectivity index (χ3v) is 2.26. The Morgan fingerprint density at radius 2 is 2.62 bits per heavy atom. The minimum Gasteiger partial charge on any atom is -0.388 e. The molecule has 1 unspecified atom stereocenters. The predicted octanol–water partition coefficient (Wildman–Crippen LogP) is -0.0506. The zero-order chi connectivity index (χ0) is 9.10. The largest absolute Gasteiger partial charge is 0.388 e. The summed E-state index contributed by atoms with van der Waals surface area (Å²) in [4.78, 5) is 0. The van der Waals surface area contributed by atoms with Gasteiger partial charge in [0.15, 0.2) is 5.82 Å². The number of nitrogens with zero attached hydrogens (tertiary/aromatic N) is 3. The second kappa shape index (κ2) is 3.85. The molecule has 1 N–H and O–H groups in total. The Bertz CT molecular complexity index is 268. The van der Waals surface area contributed by atoms with E-state index in [0.717, 1.165) is 26.0 Å². The van der Waals surface area contributed by atoms with Crippen LogP contribution in [0.15, 0.2) is 6.33 Å². The molecule has 72 valence electrons. The maximum absolute atomic E-state index is 8.92. The molecule has 0 radical (unpaired) electrons. The highest BCUT2D eigenvalue weighted by molar-refractivity contribution is 4.84. The fourth-order valence-corrected chi connectivity index (χ4v) is 1.56. The second-order valence-corrected chi connectivity index (χ2v) is 3.19. The van der Waals surface area contributed by atoms with Crippen LogP contribution in [0.3, 0.4) is 0 Å². The summed E-state index contributed by atoms with van der Waals surface area (Å²) in [5, 5.41) is 16.4. The van der Waals surface area contributed by atoms with Crippen molar-refractivity contribution >= 4 is 0 Å². The summed E-state index contributed by atoms with van der Waals surface area (Å²) >= 11 is 0. The molecule has 2 heterocycles. The number of rotatable bonds is 3. The van der Waals surface area contributed by atoms with Crippen molar-refractivity contribution in [2.45, 2.75) is 32.1 Å². The van der Waals surface area contributed by atoms with Crippen molar-refractivity contribution < 1.29 is 9.84 Å². The molecule has 5 nitrogen and oxygen atoms in total. The standard InChI is InChI=1S/C8H13N3O2/c12-5-8-10-9-6-11(8)4-7-2-1-3-13-7/h6-7,12H,1-5H2. The lowest BCUT2D eigenvalue weighted by Gasteiger charge is -2.10. The average molecular weight is 183 g/mol. The first-order valence-corrected chi connectivity index (χ1v) is 4.49. The van der Waals surface area contributed by atoms with Gasteiger partial charge in [-0.1, -0.05) is 0 Å². The normalized spacial score (nSPS) is 22.4. The zero-order valence-corrected chi connectivity index (χ0v) is 7.39. The molecule has 0 saturated carbocycles. The van der Waals surface area contributed by atoms with E-state index < -0.39 is 0 Å². The minimum absolute atomic E-state index is 0.0628. The first kappa shape index (κ1) is 8.65. The van der Waals surface area contributed by atoms with Crippen molar-refractivity contribution in [3.63, 3.8) is 0 Å². The average Bonchev–Trinajstić information content (AvgIpc) is 2.76. The molecule has 0 aromatic carbocycles. The van der Waals surface area contributed by atoms with E-state index in [4.69, 9.17) is 9.84 Å². The van der Waals surface area contributed by atoms with Crippen LogP contribution in [0.5, 0.6) is 0 Å². The van der Waals surface area contributed by atoms with Gasteiger partial charge in [-0.15, -0.1) is 10.2 Å². The van der Waals surface area contributed by atoms with Gasteiger partial charge in [0.1, 0.15) is 12.9 Å². The van der Waals surface area contributed by atoms with Crippen molar-refractivity contribution in [1.29, 1.82) is 0 Å². The van der Waals surface area contributed by atoms with Gasteiger partial charge in [0.2, 0.25) is 0 Å². The third kappa shape index (κ3) is 1.87. The lowest BCUT2D eigenvalue weighted by Crippen LogP contribution is -2.16. The topological polar surface area (TPSA) is 60.2 Å². The summed E-state index contributed by atoms with van der Waals surface area (Å²) in [6.07, 6.45) is 4.11. The number of aromatic nitrogens is 3. The number of aliphatic hydroxyl groups excluding tert-OH is 1. The van der Waals surface area contributed by atoms with E-state index in [-0.39, 0.29) is 12.7 Å². The van der Waals surface area contributed by atoms with Gasteiger partial charge < -0.3 is 14.4 Å². The van der Waals surface area contributed by atoms with Gasteiger partial charge in [0.25, 0.3) is 0 Å². The van der Waals surface area contributed by atoms with Crippen molar-refractivity contribution in [3.8, 4) is 0 Å². The Morgan fingerprint density at radius 1 is 1.69 bits per heavy atom. The van der Waals surface area contributed by atoms with Crippen LogP contribution in [0.25, 0.3) is 0 Å². The van der Waals surface area contributed by atoms with Gasteiger partial charge in [-0.25, -0.2) is 0 Å². The number of aliphatic hydroxyl groups is 1. The van der Waals surface area contributed by atoms with Crippen LogP contribution < -0.4 is 0 Å². The summed E-state index contributed by atoms with van der Waals surface area (Å²) in [5.41, 5.74) is 0. The van der Waals surface area contributed by atoms with Gasteiger partial charge in [0.05, 0.1) is 12.6 Å². The molecule has 1 atom stereocenters. The van der Waals surface area contributed by atoms with E-state index in [1.807, 2.05) is 4.57 Å². The molecular weight excluding hydrogens is 170 g/mol. The highest BCUT2D eigenvalue weighted by atomic mass is 16.5. The highest BCUT2D eigenvalue weighted by Crippen LogP contribution is 2.14. The van der Waals surface area contributed by atoms with Crippen LogP contribution in [0.1, 0.15) is 18.7 Å². The van der Waals surface area contributed by atoms with Gasteiger partial charge in [0, 0.05) is 6.61 Å². The first-order valence-electron chi connectivity index (χ1n) is 4.49. The molecule has 1 saturated heterocycles. The fraction of sp³-hybridized carbons (Fsp3) is 0.750. The first-order chi connectivity index (χ1) is 6.40. The van der Waals surface area contributed by atoms with Gasteiger partial charge in [-0.2, -0.15) is 0 Å². The number of ether oxygens (including phenoxy) is 1. The number of hydrogen-bond donors (Lipinski definition) is 1. The van der Waals surface area contributed by atoms with E-state index >= 15 is 0 Å². The summed E-state index contributed by atoms with van der Waals surface area (Å²) in [6.45, 7) is 1.54. The number of hydrogen-bond acceptors (Lipinski definition) is 4. The molecule has 1 aliphatic rings. The van der Waals surface area contributed by atoms with Gasteiger partial charge >= 0.3 is 0 Å². The lowest BCUT2D eigenvalue weighted by molar-refractivity contribution is 0.0949. The molecule has 1 aromatic heterocycles. The second-order valence-electron chi connectivity index (χ2n) is 3.19. The van der Waals surface area contributed by atoms with Crippen LogP contribution in [0.4, 0.5) is 0 Å². The summed E-state index contributed by atoms with van der Waals surface area (Å²) in [7, 11) is 0. The molecular formula is C8H13N3O2. The van der Waals surface area contributed by atoms with Gasteiger partial charge in [-0.05, 0) is 12.8 Å². The van der Waals surface area contributed by atoms with Crippen molar-refractivity contribution in [2.24, 2.45) is 0 Å². The predicted molar refractivity (Wildman–Crippen MR) is 44.9 cm³/mol. The molecule has 0 aliphatic carbocycles. The minimum atomic E-state index is -0.0628. The molecule has 0 amide bonds. The van der Waals surface area contributed by atoms with Crippen LogP contribution in [0, 0.1) is 0 Å². The maximum atomic E-state index is 8.92. The maximum Gasteiger partial charge on any atom is 0.158 e. The van der Waals surface area contributed by atoms with E-state index in [0.29, 0.717) is 5.82 Å². The molecule has 1 aliphatic heterocycles. The van der Waals surface area contributed by atoms with Crippen molar-refractivity contribution in [2.75, 3.05) is 6.61 Å². The zero-order valence-electron chi connectivity index (χ0n) is 7.39. The lowest BCUT2D eigenvalue weighted by atomic mass is 10.2.